The summed E-state index contributed by atoms with van der Waals surface area (Å²) in [5, 5.41) is 3.19. The molecule has 142 valence electrons. The summed E-state index contributed by atoms with van der Waals surface area (Å²) in [4.78, 5) is 12.9. The van der Waals surface area contributed by atoms with Gasteiger partial charge in [-0.3, -0.25) is 0 Å². The van der Waals surface area contributed by atoms with Crippen molar-refractivity contribution in [1.29, 1.82) is 0 Å². The molecule has 2 aliphatic carbocycles. The standard InChI is InChI=1S/C23H22NO3P/c25-23(26-16-17-14-15-17)24-28(18-8-2-1-3-9-18)21-12-6-4-10-19(21)27-20-11-5-7-13-22(20)28/h1-6,8-12,17H,7,13-16H2. The van der Waals surface area contributed by atoms with E-state index in [9.17, 15) is 4.79 Å². The lowest BCUT2D eigenvalue weighted by Gasteiger charge is -2.35. The molecule has 1 saturated carbocycles. The van der Waals surface area contributed by atoms with Gasteiger partial charge in [0.25, 0.3) is 0 Å². The van der Waals surface area contributed by atoms with Crippen LogP contribution in [0.3, 0.4) is 0 Å². The van der Waals surface area contributed by atoms with E-state index in [-0.39, 0.29) is 0 Å². The second-order valence-electron chi connectivity index (χ2n) is 7.41. The van der Waals surface area contributed by atoms with Crippen LogP contribution in [0.25, 0.3) is 0 Å². The highest BCUT2D eigenvalue weighted by Crippen LogP contribution is 2.62. The molecular formula is C23H22NO3P. The molecule has 28 heavy (non-hydrogen) atoms. The summed E-state index contributed by atoms with van der Waals surface area (Å²) < 4.78 is 16.6. The second kappa shape index (κ2) is 7.10. The second-order valence-corrected chi connectivity index (χ2v) is 10.4. The molecule has 2 aromatic carbocycles. The number of fused-ring (bicyclic) bond motifs is 1. The summed E-state index contributed by atoms with van der Waals surface area (Å²) >= 11 is 0. The highest BCUT2D eigenvalue weighted by Gasteiger charge is 2.39. The molecule has 1 fully saturated rings. The van der Waals surface area contributed by atoms with Crippen LogP contribution in [-0.2, 0) is 4.74 Å². The number of carbonyl (C=O) groups excluding carboxylic acids is 1. The minimum atomic E-state index is -2.51. The number of benzene rings is 2. The van der Waals surface area contributed by atoms with Gasteiger partial charge in [0.15, 0.2) is 0 Å². The van der Waals surface area contributed by atoms with Gasteiger partial charge in [-0.15, -0.1) is 0 Å². The smallest absolute Gasteiger partial charge is 0.433 e. The summed E-state index contributed by atoms with van der Waals surface area (Å²) in [7, 11) is -2.51. The summed E-state index contributed by atoms with van der Waals surface area (Å²) in [5.74, 6) is 2.13. The summed E-state index contributed by atoms with van der Waals surface area (Å²) in [6, 6.07) is 18.1. The third-order valence-electron chi connectivity index (χ3n) is 5.43. The van der Waals surface area contributed by atoms with Crippen molar-refractivity contribution < 1.29 is 14.3 Å². The van der Waals surface area contributed by atoms with Crippen molar-refractivity contribution in [2.24, 2.45) is 10.7 Å². The highest BCUT2D eigenvalue weighted by molar-refractivity contribution is 7.85. The number of ether oxygens (including phenoxy) is 2. The zero-order chi connectivity index (χ0) is 19.0. The predicted octanol–water partition coefficient (Wildman–Crippen LogP) is 5.34. The van der Waals surface area contributed by atoms with Crippen LogP contribution in [0.2, 0.25) is 0 Å². The molecule has 1 unspecified atom stereocenters. The third-order valence-corrected chi connectivity index (χ3v) is 9.23. The number of hydrogen-bond donors (Lipinski definition) is 0. The van der Waals surface area contributed by atoms with Crippen LogP contribution in [0.5, 0.6) is 5.75 Å². The first kappa shape index (κ1) is 17.5. The van der Waals surface area contributed by atoms with Gasteiger partial charge in [-0.1, -0.05) is 48.5 Å². The maximum Gasteiger partial charge on any atom is 0.433 e. The number of nitrogens with zero attached hydrogens (tertiary/aromatic N) is 1. The molecule has 0 bridgehead atoms. The van der Waals surface area contributed by atoms with Gasteiger partial charge in [0.05, 0.1) is 13.7 Å². The lowest BCUT2D eigenvalue weighted by atomic mass is 10.1. The Bertz CT molecular complexity index is 1030. The fraction of sp³-hybridized carbons (Fsp3) is 0.261. The Kier molecular flexibility index (Phi) is 4.44. The first-order valence-corrected chi connectivity index (χ1v) is 11.5. The van der Waals surface area contributed by atoms with Gasteiger partial charge in [-0.2, -0.15) is 4.74 Å². The largest absolute Gasteiger partial charge is 0.456 e. The van der Waals surface area contributed by atoms with E-state index in [0.29, 0.717) is 12.5 Å². The lowest BCUT2D eigenvalue weighted by Crippen LogP contribution is -2.26. The van der Waals surface area contributed by atoms with Crippen molar-refractivity contribution in [3.05, 3.63) is 77.8 Å². The van der Waals surface area contributed by atoms with E-state index in [4.69, 9.17) is 14.2 Å². The van der Waals surface area contributed by atoms with E-state index in [0.717, 1.165) is 53.1 Å². The lowest BCUT2D eigenvalue weighted by molar-refractivity contribution is 0.152. The molecule has 0 radical (unpaired) electrons. The molecule has 5 heteroatoms. The average Bonchev–Trinajstić information content (AvgIpc) is 3.57. The molecule has 0 spiro atoms. The molecule has 5 rings (SSSR count). The SMILES string of the molecule is O=C(N=P1(c2ccccc2)C2=C(C=CCC2)Oc2ccccc21)OCC1CC1. The fourth-order valence-electron chi connectivity index (χ4n) is 3.85. The Labute approximate surface area is 164 Å². The molecule has 4 nitrogen and oxygen atoms in total. The van der Waals surface area contributed by atoms with E-state index in [1.807, 2.05) is 42.5 Å². The van der Waals surface area contributed by atoms with E-state index >= 15 is 0 Å². The van der Waals surface area contributed by atoms with Crippen molar-refractivity contribution in [3.8, 4) is 5.75 Å². The molecule has 0 N–H and O–H groups in total. The minimum absolute atomic E-state index is 0.456. The highest BCUT2D eigenvalue weighted by atomic mass is 31.2. The summed E-state index contributed by atoms with van der Waals surface area (Å²) in [6.07, 6.45) is 7.73. The fourth-order valence-corrected chi connectivity index (χ4v) is 7.62. The number of allylic oxidation sites excluding steroid dienone is 3. The molecule has 0 aromatic heterocycles. The van der Waals surface area contributed by atoms with Crippen LogP contribution in [0.1, 0.15) is 25.7 Å². The van der Waals surface area contributed by atoms with Gasteiger partial charge in [-0.05, 0) is 49.8 Å². The van der Waals surface area contributed by atoms with Gasteiger partial charge >= 0.3 is 6.09 Å². The Hall–Kier alpha value is -2.58. The van der Waals surface area contributed by atoms with E-state index in [1.165, 1.54) is 0 Å². The molecule has 1 heterocycles. The molecule has 3 aliphatic rings. The van der Waals surface area contributed by atoms with Crippen LogP contribution in [0, 0.1) is 5.92 Å². The van der Waals surface area contributed by atoms with Crippen LogP contribution in [0.15, 0.2) is 82.6 Å². The van der Waals surface area contributed by atoms with E-state index in [1.54, 1.807) is 0 Å². The van der Waals surface area contributed by atoms with Crippen LogP contribution >= 0.6 is 7.05 Å². The van der Waals surface area contributed by atoms with Crippen molar-refractivity contribution in [2.45, 2.75) is 25.7 Å². The molecule has 0 saturated heterocycles. The zero-order valence-electron chi connectivity index (χ0n) is 15.6. The third kappa shape index (κ3) is 3.02. The van der Waals surface area contributed by atoms with Gasteiger partial charge in [0, 0.05) is 15.9 Å². The molecule has 1 aliphatic heterocycles. The van der Waals surface area contributed by atoms with Crippen molar-refractivity contribution in [2.75, 3.05) is 6.61 Å². The van der Waals surface area contributed by atoms with Gasteiger partial charge in [0.2, 0.25) is 0 Å². The first-order chi connectivity index (χ1) is 13.8. The molecule has 2 aromatic rings. The summed E-state index contributed by atoms with van der Waals surface area (Å²) in [5.41, 5.74) is 0. The minimum Gasteiger partial charge on any atom is -0.456 e. The molecule has 1 amide bonds. The van der Waals surface area contributed by atoms with Crippen molar-refractivity contribution in [1.82, 2.24) is 0 Å². The van der Waals surface area contributed by atoms with Crippen LogP contribution < -0.4 is 15.3 Å². The average molecular weight is 391 g/mol. The quantitative estimate of drug-likeness (QED) is 0.664. The molecule has 1 atom stereocenters. The zero-order valence-corrected chi connectivity index (χ0v) is 16.5. The van der Waals surface area contributed by atoms with Gasteiger partial charge < -0.3 is 9.47 Å². The first-order valence-electron chi connectivity index (χ1n) is 9.80. The predicted molar refractivity (Wildman–Crippen MR) is 112 cm³/mol. The monoisotopic (exact) mass is 391 g/mol. The van der Waals surface area contributed by atoms with Gasteiger partial charge in [0.1, 0.15) is 11.5 Å². The molecular weight excluding hydrogens is 369 g/mol. The Morgan fingerprint density at radius 3 is 2.71 bits per heavy atom. The maximum absolute atomic E-state index is 12.9. The maximum atomic E-state index is 12.9. The van der Waals surface area contributed by atoms with Crippen molar-refractivity contribution >= 4 is 23.8 Å². The Morgan fingerprint density at radius 2 is 1.89 bits per heavy atom. The Morgan fingerprint density at radius 1 is 1.11 bits per heavy atom. The number of para-hydroxylation sites is 1. The van der Waals surface area contributed by atoms with Gasteiger partial charge in [-0.25, -0.2) is 4.79 Å². The number of amides is 1. The van der Waals surface area contributed by atoms with Crippen LogP contribution in [-0.4, -0.2) is 12.7 Å². The Balaban J connectivity index is 1.75. The number of hydrogen-bond acceptors (Lipinski definition) is 3. The van der Waals surface area contributed by atoms with Crippen molar-refractivity contribution in [3.63, 3.8) is 0 Å². The number of carbonyl (C=O) groups is 1. The van der Waals surface area contributed by atoms with Crippen LogP contribution in [0.4, 0.5) is 4.79 Å². The topological polar surface area (TPSA) is 47.9 Å². The normalized spacial score (nSPS) is 22.7. The number of rotatable bonds is 3. The summed E-state index contributed by atoms with van der Waals surface area (Å²) in [6.45, 7) is 0.473. The van der Waals surface area contributed by atoms with E-state index < -0.39 is 13.1 Å². The van der Waals surface area contributed by atoms with E-state index in [2.05, 4.69) is 24.3 Å².